The van der Waals surface area contributed by atoms with Crippen molar-refractivity contribution in [1.29, 1.82) is 0 Å². The highest BCUT2D eigenvalue weighted by molar-refractivity contribution is 4.91. The molecular formula is C30H58N12O9. The Balaban J connectivity index is 1.67. The minimum absolute atomic E-state index is 0.313. The summed E-state index contributed by atoms with van der Waals surface area (Å²) in [4.78, 5) is 15.7. The molecule has 0 aromatic carbocycles. The van der Waals surface area contributed by atoms with Crippen LogP contribution in [-0.4, -0.2) is 198 Å². The molecule has 21 heteroatoms. The summed E-state index contributed by atoms with van der Waals surface area (Å²) in [6.07, 6.45) is 2.66. The molecule has 0 aliphatic carbocycles. The zero-order valence-electron chi connectivity index (χ0n) is 30.0. The van der Waals surface area contributed by atoms with E-state index in [4.69, 9.17) is 59.2 Å². The Hall–Kier alpha value is -2.55. The van der Waals surface area contributed by atoms with Crippen molar-refractivity contribution in [2.75, 3.05) is 171 Å². The second-order valence-electron chi connectivity index (χ2n) is 11.2. The fourth-order valence-electron chi connectivity index (χ4n) is 5.60. The quantitative estimate of drug-likeness (QED) is 0.0391. The number of nitrogens with zero attached hydrogens (tertiary/aromatic N) is 12. The lowest BCUT2D eigenvalue weighted by atomic mass is 10.0. The van der Waals surface area contributed by atoms with Gasteiger partial charge in [-0.15, -0.1) is 0 Å². The summed E-state index contributed by atoms with van der Waals surface area (Å²) < 4.78 is 50.5. The average molecular weight is 731 g/mol. The molecule has 292 valence electrons. The molecule has 21 nitrogen and oxygen atoms in total. The summed E-state index contributed by atoms with van der Waals surface area (Å²) in [5.41, 5.74) is 24.8. The highest BCUT2D eigenvalue weighted by atomic mass is 16.6. The summed E-state index contributed by atoms with van der Waals surface area (Å²) in [7, 11) is 0. The molecule has 2 aliphatic rings. The van der Waals surface area contributed by atoms with Crippen molar-refractivity contribution in [2.45, 2.75) is 25.2 Å². The van der Waals surface area contributed by atoms with E-state index in [1.807, 2.05) is 0 Å². The van der Waals surface area contributed by atoms with Gasteiger partial charge in [0.15, 0.2) is 0 Å². The first-order chi connectivity index (χ1) is 25.3. The van der Waals surface area contributed by atoms with E-state index in [1.54, 1.807) is 0 Å². The molecule has 0 aromatic heterocycles. The minimum atomic E-state index is 0.313. The molecule has 2 aliphatic heterocycles. The van der Waals surface area contributed by atoms with Crippen LogP contribution >= 0.6 is 0 Å². The first-order valence-corrected chi connectivity index (χ1v) is 17.8. The van der Waals surface area contributed by atoms with Crippen molar-refractivity contribution in [1.82, 2.24) is 14.7 Å². The fraction of sp³-hybridized carbons (Fsp3) is 1.00. The first kappa shape index (κ1) is 44.6. The van der Waals surface area contributed by atoms with E-state index in [-0.39, 0.29) is 0 Å². The Kier molecular flexibility index (Phi) is 29.1. The van der Waals surface area contributed by atoms with E-state index in [0.717, 1.165) is 45.6 Å². The second-order valence-corrected chi connectivity index (χ2v) is 11.2. The van der Waals surface area contributed by atoms with Crippen molar-refractivity contribution in [3.05, 3.63) is 31.3 Å². The van der Waals surface area contributed by atoms with Crippen molar-refractivity contribution in [3.8, 4) is 0 Å². The third kappa shape index (κ3) is 22.9. The maximum Gasteiger partial charge on any atom is 0.0701 e. The first-order valence-electron chi connectivity index (χ1n) is 17.8. The van der Waals surface area contributed by atoms with Gasteiger partial charge in [0, 0.05) is 67.1 Å². The summed E-state index contributed by atoms with van der Waals surface area (Å²) >= 11 is 0. The van der Waals surface area contributed by atoms with E-state index in [9.17, 15) is 0 Å². The van der Waals surface area contributed by atoms with Crippen LogP contribution in [0.25, 0.3) is 31.3 Å². The smallest absolute Gasteiger partial charge is 0.0701 e. The Labute approximate surface area is 300 Å². The number of rotatable bonds is 36. The van der Waals surface area contributed by atoms with Crippen LogP contribution in [0, 0.1) is 0 Å². The summed E-state index contributed by atoms with van der Waals surface area (Å²) in [5.74, 6) is 0. The van der Waals surface area contributed by atoms with Crippen LogP contribution in [-0.2, 0) is 42.6 Å². The Bertz CT molecular complexity index is 934. The zero-order valence-corrected chi connectivity index (χ0v) is 30.0. The molecule has 2 bridgehead atoms. The normalized spacial score (nSPS) is 17.9. The van der Waals surface area contributed by atoms with Crippen molar-refractivity contribution < 1.29 is 42.6 Å². The highest BCUT2D eigenvalue weighted by Crippen LogP contribution is 2.29. The molecule has 51 heavy (non-hydrogen) atoms. The molecule has 0 N–H and O–H groups in total. The van der Waals surface area contributed by atoms with Crippen LogP contribution in [0.3, 0.4) is 0 Å². The lowest BCUT2D eigenvalue weighted by molar-refractivity contribution is -0.144. The largest absolute Gasteiger partial charge is 0.379 e. The van der Waals surface area contributed by atoms with Crippen molar-refractivity contribution >= 4 is 0 Å². The maximum atomic E-state index is 8.29. The van der Waals surface area contributed by atoms with Gasteiger partial charge in [-0.05, 0) is 29.4 Å². The van der Waals surface area contributed by atoms with Crippen LogP contribution in [0.5, 0.6) is 0 Å². The van der Waals surface area contributed by atoms with Crippen LogP contribution in [0.2, 0.25) is 0 Å². The van der Waals surface area contributed by atoms with Crippen LogP contribution < -0.4 is 0 Å². The Morgan fingerprint density at radius 2 is 0.667 bits per heavy atom. The highest BCUT2D eigenvalue weighted by Gasteiger charge is 2.41. The second kappa shape index (κ2) is 33.3. The minimum Gasteiger partial charge on any atom is -0.379 e. The summed E-state index contributed by atoms with van der Waals surface area (Å²) in [6.45, 7) is 14.3. The molecule has 2 atom stereocenters. The number of fused-ring (bicyclic) bond motifs is 2. The van der Waals surface area contributed by atoms with E-state index >= 15 is 0 Å². The molecule has 2 saturated heterocycles. The van der Waals surface area contributed by atoms with Gasteiger partial charge in [0.2, 0.25) is 0 Å². The molecular weight excluding hydrogens is 672 g/mol. The SMILES string of the molecule is [N-]=[N+]=NCCOCCOCCOCCN1CCC2N(CCOCCOCCOCCN=[N+]=[N-])CCC1N2CCOCCOCCOCCN=[N+]=[N-]. The van der Waals surface area contributed by atoms with E-state index in [0.29, 0.717) is 151 Å². The Morgan fingerprint density at radius 1 is 0.392 bits per heavy atom. The standard InChI is InChI=1S/C30H58N12O9/c31-37-34-3-11-43-17-23-49-26-20-46-14-8-40-6-1-29-41(9-15-47-21-27-50-24-18-44-12-4-35-38-32)7-2-30(40)42(29)10-16-48-22-28-51-25-19-45-13-5-36-39-33/h29-30H,1-28H2. The predicted octanol–water partition coefficient (Wildman–Crippen LogP) is 2.43. The molecule has 2 unspecified atom stereocenters. The molecule has 2 fully saturated rings. The van der Waals surface area contributed by atoms with Gasteiger partial charge >= 0.3 is 0 Å². The van der Waals surface area contributed by atoms with Gasteiger partial charge in [-0.25, -0.2) is 0 Å². The number of hydrogen-bond acceptors (Lipinski definition) is 15. The van der Waals surface area contributed by atoms with Crippen LogP contribution in [0.15, 0.2) is 15.3 Å². The summed E-state index contributed by atoms with van der Waals surface area (Å²) in [6, 6.07) is 0. The Morgan fingerprint density at radius 3 is 0.980 bits per heavy atom. The predicted molar refractivity (Wildman–Crippen MR) is 186 cm³/mol. The van der Waals surface area contributed by atoms with E-state index < -0.39 is 0 Å². The number of ether oxygens (including phenoxy) is 9. The molecule has 2 heterocycles. The molecule has 0 amide bonds. The molecule has 0 radical (unpaired) electrons. The molecule has 0 aromatic rings. The van der Waals surface area contributed by atoms with Gasteiger partial charge in [-0.2, -0.15) is 0 Å². The number of azide groups is 3. The monoisotopic (exact) mass is 730 g/mol. The van der Waals surface area contributed by atoms with E-state index in [1.165, 1.54) is 0 Å². The van der Waals surface area contributed by atoms with Gasteiger partial charge < -0.3 is 42.6 Å². The number of hydrogen-bond donors (Lipinski definition) is 0. The summed E-state index contributed by atoms with van der Waals surface area (Å²) in [5, 5.41) is 10.3. The fourth-order valence-corrected chi connectivity index (χ4v) is 5.60. The van der Waals surface area contributed by atoms with Gasteiger partial charge in [-0.3, -0.25) is 14.7 Å². The van der Waals surface area contributed by atoms with Crippen LogP contribution in [0.4, 0.5) is 0 Å². The van der Waals surface area contributed by atoms with Crippen LogP contribution in [0.1, 0.15) is 12.8 Å². The van der Waals surface area contributed by atoms with Crippen molar-refractivity contribution in [3.63, 3.8) is 0 Å². The van der Waals surface area contributed by atoms with Gasteiger partial charge in [0.25, 0.3) is 0 Å². The third-order valence-corrected chi connectivity index (χ3v) is 7.93. The maximum absolute atomic E-state index is 8.29. The lowest BCUT2D eigenvalue weighted by Crippen LogP contribution is -2.68. The molecule has 2 rings (SSSR count). The van der Waals surface area contributed by atoms with E-state index in [2.05, 4.69) is 44.8 Å². The topological polar surface area (TPSA) is 239 Å². The average Bonchev–Trinajstić information content (AvgIpc) is 3.14. The van der Waals surface area contributed by atoms with Crippen molar-refractivity contribution in [2.24, 2.45) is 15.3 Å². The molecule has 0 spiro atoms. The third-order valence-electron chi connectivity index (χ3n) is 7.93. The zero-order chi connectivity index (χ0) is 36.3. The van der Waals surface area contributed by atoms with Gasteiger partial charge in [-0.1, -0.05) is 15.3 Å². The van der Waals surface area contributed by atoms with Gasteiger partial charge in [0.1, 0.15) is 0 Å². The lowest BCUT2D eigenvalue weighted by Gasteiger charge is -2.55. The van der Waals surface area contributed by atoms with Gasteiger partial charge in [0.05, 0.1) is 131 Å². The molecule has 0 saturated carbocycles.